The van der Waals surface area contributed by atoms with Crippen LogP contribution >= 0.6 is 0 Å². The fourth-order valence-corrected chi connectivity index (χ4v) is 3.32. The second-order valence-electron chi connectivity index (χ2n) is 7.13. The summed E-state index contributed by atoms with van der Waals surface area (Å²) < 4.78 is 11.1. The Morgan fingerprint density at radius 2 is 1.74 bits per heavy atom. The fourth-order valence-electron chi connectivity index (χ4n) is 3.32. The van der Waals surface area contributed by atoms with Crippen LogP contribution in [0.15, 0.2) is 42.5 Å². The molecule has 0 aliphatic carbocycles. The van der Waals surface area contributed by atoms with Crippen molar-refractivity contribution >= 4 is 17.5 Å². The predicted octanol–water partition coefficient (Wildman–Crippen LogP) is 3.93. The van der Waals surface area contributed by atoms with E-state index in [0.717, 1.165) is 42.2 Å². The zero-order valence-electron chi connectivity index (χ0n) is 18.9. The van der Waals surface area contributed by atoms with Gasteiger partial charge in [-0.1, -0.05) is 19.9 Å². The number of benzene rings is 2. The van der Waals surface area contributed by atoms with Gasteiger partial charge in [0.05, 0.1) is 13.2 Å². The van der Waals surface area contributed by atoms with E-state index in [1.54, 1.807) is 31.2 Å². The van der Waals surface area contributed by atoms with Crippen LogP contribution in [-0.4, -0.2) is 43.0 Å². The molecule has 0 saturated heterocycles. The number of ether oxygens (including phenoxy) is 2. The average Bonchev–Trinajstić information content (AvgIpc) is 2.76. The Bertz CT molecular complexity index is 864. The summed E-state index contributed by atoms with van der Waals surface area (Å²) >= 11 is 0. The highest BCUT2D eigenvalue weighted by molar-refractivity contribution is 5.95. The van der Waals surface area contributed by atoms with Crippen LogP contribution < -0.4 is 15.8 Å². The summed E-state index contributed by atoms with van der Waals surface area (Å²) in [5, 5.41) is 10.8. The van der Waals surface area contributed by atoms with Gasteiger partial charge in [0.25, 0.3) is 0 Å². The van der Waals surface area contributed by atoms with Gasteiger partial charge in [-0.05, 0) is 74.5 Å². The van der Waals surface area contributed by atoms with Crippen molar-refractivity contribution in [3.8, 4) is 5.75 Å². The van der Waals surface area contributed by atoms with Crippen molar-refractivity contribution in [3.63, 3.8) is 0 Å². The second-order valence-corrected chi connectivity index (χ2v) is 7.13. The number of rotatable bonds is 12. The van der Waals surface area contributed by atoms with Gasteiger partial charge in [-0.2, -0.15) is 0 Å². The largest absolute Gasteiger partial charge is 0.494 e. The van der Waals surface area contributed by atoms with Crippen molar-refractivity contribution < 1.29 is 14.3 Å². The minimum atomic E-state index is -0.695. The quantitative estimate of drug-likeness (QED) is 0.270. The molecule has 0 aliphatic rings. The second kappa shape index (κ2) is 12.0. The molecular formula is C24H34N4O3. The monoisotopic (exact) mass is 426 g/mol. The lowest BCUT2D eigenvalue weighted by atomic mass is 10.0. The lowest BCUT2D eigenvalue weighted by Gasteiger charge is -2.23. The van der Waals surface area contributed by atoms with Crippen LogP contribution in [0.25, 0.3) is 0 Å². The van der Waals surface area contributed by atoms with E-state index in [4.69, 9.17) is 20.6 Å². The molecule has 0 spiro atoms. The number of amidine groups is 1. The van der Waals surface area contributed by atoms with Gasteiger partial charge in [-0.15, -0.1) is 0 Å². The van der Waals surface area contributed by atoms with Gasteiger partial charge in [0.2, 0.25) is 0 Å². The van der Waals surface area contributed by atoms with Crippen molar-refractivity contribution in [2.45, 2.75) is 40.3 Å². The number of anilines is 1. The lowest BCUT2D eigenvalue weighted by Crippen LogP contribution is -2.25. The molecule has 0 saturated carbocycles. The molecule has 1 atom stereocenters. The molecule has 2 rings (SSSR count). The van der Waals surface area contributed by atoms with Crippen molar-refractivity contribution in [1.29, 1.82) is 5.41 Å². The number of esters is 1. The summed E-state index contributed by atoms with van der Waals surface area (Å²) in [6.45, 7) is 11.5. The van der Waals surface area contributed by atoms with Crippen LogP contribution in [0.1, 0.15) is 50.4 Å². The molecule has 0 amide bonds. The smallest absolute Gasteiger partial charge is 0.333 e. The molecule has 0 bridgehead atoms. The summed E-state index contributed by atoms with van der Waals surface area (Å²) in [5.74, 6) is 0.365. The predicted molar refractivity (Wildman–Crippen MR) is 125 cm³/mol. The Kier molecular flexibility index (Phi) is 9.34. The first-order valence-electron chi connectivity index (χ1n) is 10.8. The number of carbonyl (C=O) groups is 1. The van der Waals surface area contributed by atoms with Crippen LogP contribution in [-0.2, 0) is 16.1 Å². The molecule has 0 heterocycles. The first-order valence-corrected chi connectivity index (χ1v) is 10.8. The van der Waals surface area contributed by atoms with Crippen LogP contribution in [0, 0.1) is 5.41 Å². The molecule has 0 aliphatic heterocycles. The summed E-state index contributed by atoms with van der Waals surface area (Å²) in [7, 11) is 0. The highest BCUT2D eigenvalue weighted by Gasteiger charge is 2.23. The number of nitrogens with one attached hydrogen (secondary N) is 2. The van der Waals surface area contributed by atoms with Crippen LogP contribution in [0.2, 0.25) is 0 Å². The molecule has 2 aromatic rings. The number of nitrogens with zero attached hydrogens (tertiary/aromatic N) is 1. The molecule has 1 unspecified atom stereocenters. The first-order chi connectivity index (χ1) is 14.9. The van der Waals surface area contributed by atoms with Gasteiger partial charge >= 0.3 is 5.97 Å². The van der Waals surface area contributed by atoms with Gasteiger partial charge in [0, 0.05) is 17.8 Å². The highest BCUT2D eigenvalue weighted by Crippen LogP contribution is 2.27. The van der Waals surface area contributed by atoms with Crippen molar-refractivity contribution in [1.82, 2.24) is 4.90 Å². The van der Waals surface area contributed by atoms with Gasteiger partial charge in [0.15, 0.2) is 6.04 Å². The van der Waals surface area contributed by atoms with Gasteiger partial charge in [-0.25, -0.2) is 4.79 Å². The Labute approximate surface area is 185 Å². The van der Waals surface area contributed by atoms with Crippen molar-refractivity contribution in [2.75, 3.05) is 31.6 Å². The maximum absolute atomic E-state index is 12.8. The van der Waals surface area contributed by atoms with Gasteiger partial charge < -0.3 is 20.5 Å². The molecule has 168 valence electrons. The normalized spacial score (nSPS) is 11.8. The average molecular weight is 427 g/mol. The zero-order valence-corrected chi connectivity index (χ0v) is 18.9. The third-order valence-corrected chi connectivity index (χ3v) is 4.96. The minimum absolute atomic E-state index is 0.000970. The van der Waals surface area contributed by atoms with E-state index < -0.39 is 6.04 Å². The number of hydrogen-bond acceptors (Lipinski definition) is 6. The van der Waals surface area contributed by atoms with E-state index >= 15 is 0 Å². The number of carbonyl (C=O) groups excluding carboxylic acids is 1. The maximum Gasteiger partial charge on any atom is 0.333 e. The number of hydrogen-bond donors (Lipinski definition) is 3. The van der Waals surface area contributed by atoms with E-state index in [9.17, 15) is 4.79 Å². The van der Waals surface area contributed by atoms with E-state index in [1.807, 2.05) is 25.1 Å². The Hall–Kier alpha value is -3.06. The third kappa shape index (κ3) is 7.00. The lowest BCUT2D eigenvalue weighted by molar-refractivity contribution is -0.144. The van der Waals surface area contributed by atoms with Gasteiger partial charge in [0.1, 0.15) is 11.6 Å². The van der Waals surface area contributed by atoms with Crippen LogP contribution in [0.3, 0.4) is 0 Å². The molecule has 4 N–H and O–H groups in total. The van der Waals surface area contributed by atoms with Crippen LogP contribution in [0.4, 0.5) is 5.69 Å². The van der Waals surface area contributed by atoms with E-state index in [-0.39, 0.29) is 18.4 Å². The SMILES string of the molecule is CCOC(=O)C(Nc1ccc(C(=N)N)cc1)c1cc(CN(CC)CC)cc(OCC)c1. The Morgan fingerprint density at radius 1 is 1.06 bits per heavy atom. The molecule has 7 heteroatoms. The van der Waals surface area contributed by atoms with Crippen molar-refractivity contribution in [2.24, 2.45) is 5.73 Å². The first kappa shape index (κ1) is 24.2. The van der Waals surface area contributed by atoms with E-state index in [0.29, 0.717) is 12.2 Å². The van der Waals surface area contributed by atoms with Crippen LogP contribution in [0.5, 0.6) is 5.75 Å². The van der Waals surface area contributed by atoms with Crippen molar-refractivity contribution in [3.05, 3.63) is 59.2 Å². The molecule has 31 heavy (non-hydrogen) atoms. The molecule has 0 aromatic heterocycles. The number of nitrogen functional groups attached to an aromatic ring is 1. The number of nitrogens with two attached hydrogens (primary N) is 1. The standard InChI is InChI=1S/C24H34N4O3/c1-5-28(6-2)16-17-13-19(15-21(14-17)30-7-3)22(24(29)31-8-4)27-20-11-9-18(10-12-20)23(25)26/h9-15,22,27H,5-8,16H2,1-4H3,(H3,25,26). The Morgan fingerprint density at radius 3 is 2.29 bits per heavy atom. The topological polar surface area (TPSA) is 101 Å². The highest BCUT2D eigenvalue weighted by atomic mass is 16.5. The van der Waals surface area contributed by atoms with E-state index in [2.05, 4.69) is 24.1 Å². The molecule has 2 aromatic carbocycles. The molecule has 0 radical (unpaired) electrons. The zero-order chi connectivity index (χ0) is 22.8. The fraction of sp³-hybridized carbons (Fsp3) is 0.417. The molecular weight excluding hydrogens is 392 g/mol. The maximum atomic E-state index is 12.8. The van der Waals surface area contributed by atoms with Gasteiger partial charge in [-0.3, -0.25) is 10.3 Å². The summed E-state index contributed by atoms with van der Waals surface area (Å²) in [6, 6.07) is 12.3. The van der Waals surface area contributed by atoms with E-state index in [1.165, 1.54) is 0 Å². The Balaban J connectivity index is 2.42. The summed E-state index contributed by atoms with van der Waals surface area (Å²) in [5.41, 5.74) is 8.75. The summed E-state index contributed by atoms with van der Waals surface area (Å²) in [4.78, 5) is 15.2. The molecule has 7 nitrogen and oxygen atoms in total. The third-order valence-electron chi connectivity index (χ3n) is 4.96. The minimum Gasteiger partial charge on any atom is -0.494 e. The summed E-state index contributed by atoms with van der Waals surface area (Å²) in [6.07, 6.45) is 0. The molecule has 0 fully saturated rings.